The van der Waals surface area contributed by atoms with Crippen molar-refractivity contribution in [3.8, 4) is 5.75 Å². The van der Waals surface area contributed by atoms with Crippen LogP contribution in [0.15, 0.2) is 77.7 Å². The maximum absolute atomic E-state index is 12.9. The number of carbonyl (C=O) groups is 1. The summed E-state index contributed by atoms with van der Waals surface area (Å²) >= 11 is 14.1. The van der Waals surface area contributed by atoms with E-state index >= 15 is 0 Å². The van der Waals surface area contributed by atoms with E-state index in [-0.39, 0.29) is 11.0 Å². The van der Waals surface area contributed by atoms with Gasteiger partial charge in [0.15, 0.2) is 5.78 Å². The highest BCUT2D eigenvalue weighted by Gasteiger charge is 2.20. The number of carbonyl (C=O) groups excluding carboxylic acids is 1. The van der Waals surface area contributed by atoms with Gasteiger partial charge in [-0.25, -0.2) is 0 Å². The molecule has 138 valence electrons. The predicted octanol–water partition coefficient (Wildman–Crippen LogP) is 7.11. The maximum Gasteiger partial charge on any atom is 0.164 e. The second kappa shape index (κ2) is 9.32. The number of benzene rings is 3. The molecule has 0 saturated carbocycles. The van der Waals surface area contributed by atoms with Gasteiger partial charge in [-0.1, -0.05) is 59.6 Å². The molecule has 0 saturated heterocycles. The molecule has 0 fully saturated rings. The Morgan fingerprint density at radius 1 is 0.963 bits per heavy atom. The van der Waals surface area contributed by atoms with Gasteiger partial charge in [0.1, 0.15) is 5.75 Å². The van der Waals surface area contributed by atoms with Crippen molar-refractivity contribution in [2.75, 3.05) is 7.11 Å². The van der Waals surface area contributed by atoms with E-state index in [9.17, 15) is 4.79 Å². The average Bonchev–Trinajstić information content (AvgIpc) is 2.71. The minimum Gasteiger partial charge on any atom is -0.497 e. The summed E-state index contributed by atoms with van der Waals surface area (Å²) in [6.45, 7) is 0. The first-order chi connectivity index (χ1) is 13.1. The van der Waals surface area contributed by atoms with Crippen LogP contribution in [0.4, 0.5) is 0 Å². The summed E-state index contributed by atoms with van der Waals surface area (Å²) in [5, 5.41) is 0.953. The van der Waals surface area contributed by atoms with Gasteiger partial charge in [0.25, 0.3) is 0 Å². The summed E-state index contributed by atoms with van der Waals surface area (Å²) in [4.78, 5) is 13.7. The van der Waals surface area contributed by atoms with Crippen molar-refractivity contribution in [1.29, 1.82) is 0 Å². The summed E-state index contributed by atoms with van der Waals surface area (Å²) in [7, 11) is 1.60. The Labute approximate surface area is 173 Å². The molecular formula is C22H18Cl2O2S. The topological polar surface area (TPSA) is 26.3 Å². The van der Waals surface area contributed by atoms with E-state index in [1.165, 1.54) is 0 Å². The lowest BCUT2D eigenvalue weighted by atomic mass is 10.0. The van der Waals surface area contributed by atoms with Crippen molar-refractivity contribution in [2.24, 2.45) is 0 Å². The van der Waals surface area contributed by atoms with Crippen LogP contribution in [0, 0.1) is 0 Å². The maximum atomic E-state index is 12.9. The minimum atomic E-state index is -0.0724. The zero-order chi connectivity index (χ0) is 19.2. The van der Waals surface area contributed by atoms with E-state index in [0.717, 1.165) is 16.2 Å². The molecule has 0 heterocycles. The molecule has 3 aromatic rings. The van der Waals surface area contributed by atoms with E-state index in [0.29, 0.717) is 22.0 Å². The van der Waals surface area contributed by atoms with Crippen molar-refractivity contribution in [3.63, 3.8) is 0 Å². The Balaban J connectivity index is 1.86. The molecule has 3 rings (SSSR count). The lowest BCUT2D eigenvalue weighted by Gasteiger charge is -2.18. The van der Waals surface area contributed by atoms with E-state index in [1.807, 2.05) is 42.5 Å². The van der Waals surface area contributed by atoms with E-state index in [4.69, 9.17) is 27.9 Å². The van der Waals surface area contributed by atoms with Crippen LogP contribution in [-0.4, -0.2) is 12.9 Å². The average molecular weight is 417 g/mol. The van der Waals surface area contributed by atoms with Gasteiger partial charge in [-0.05, 0) is 42.0 Å². The number of methoxy groups -OCH3 is 1. The smallest absolute Gasteiger partial charge is 0.164 e. The molecule has 0 amide bonds. The molecule has 2 nitrogen and oxygen atoms in total. The number of ketones is 1. The highest BCUT2D eigenvalue weighted by atomic mass is 35.5. The minimum absolute atomic E-state index is 0.0668. The quantitative estimate of drug-likeness (QED) is 0.303. The largest absolute Gasteiger partial charge is 0.497 e. The second-order valence-corrected chi connectivity index (χ2v) is 7.95. The van der Waals surface area contributed by atoms with Crippen molar-refractivity contribution in [3.05, 3.63) is 94.0 Å². The number of Topliss-reactive ketones (excluding diaryl/α,β-unsaturated/α-hetero) is 1. The predicted molar refractivity (Wildman–Crippen MR) is 113 cm³/mol. The molecule has 3 aromatic carbocycles. The first-order valence-corrected chi connectivity index (χ1v) is 10.0. The van der Waals surface area contributed by atoms with Crippen LogP contribution in [0.1, 0.15) is 27.6 Å². The van der Waals surface area contributed by atoms with Gasteiger partial charge in [0.2, 0.25) is 0 Å². The van der Waals surface area contributed by atoms with Gasteiger partial charge in [-0.3, -0.25) is 4.79 Å². The number of hydrogen-bond acceptors (Lipinski definition) is 3. The molecule has 0 spiro atoms. The highest BCUT2D eigenvalue weighted by molar-refractivity contribution is 7.99. The Morgan fingerprint density at radius 3 is 2.33 bits per heavy atom. The molecule has 1 unspecified atom stereocenters. The van der Waals surface area contributed by atoms with Crippen LogP contribution in [0.3, 0.4) is 0 Å². The van der Waals surface area contributed by atoms with Gasteiger partial charge >= 0.3 is 0 Å². The van der Waals surface area contributed by atoms with Gasteiger partial charge in [0.05, 0.1) is 17.2 Å². The Hall–Kier alpha value is -1.94. The Bertz CT molecular complexity index is 911. The number of halogens is 2. The third kappa shape index (κ3) is 5.07. The lowest BCUT2D eigenvalue weighted by Crippen LogP contribution is -2.05. The normalized spacial score (nSPS) is 11.8. The van der Waals surface area contributed by atoms with Crippen LogP contribution < -0.4 is 4.74 Å². The molecule has 27 heavy (non-hydrogen) atoms. The molecule has 0 aliphatic heterocycles. The molecule has 0 radical (unpaired) electrons. The molecule has 0 aliphatic rings. The van der Waals surface area contributed by atoms with Crippen LogP contribution >= 0.6 is 35.0 Å². The second-order valence-electron chi connectivity index (χ2n) is 5.92. The summed E-state index contributed by atoms with van der Waals surface area (Å²) < 4.78 is 5.16. The highest BCUT2D eigenvalue weighted by Crippen LogP contribution is 2.43. The first-order valence-electron chi connectivity index (χ1n) is 8.41. The molecule has 1 atom stereocenters. The monoisotopic (exact) mass is 416 g/mol. The van der Waals surface area contributed by atoms with Gasteiger partial charge in [-0.2, -0.15) is 0 Å². The fraction of sp³-hybridized carbons (Fsp3) is 0.136. The van der Waals surface area contributed by atoms with Gasteiger partial charge in [0, 0.05) is 22.1 Å². The van der Waals surface area contributed by atoms with E-state index in [1.54, 1.807) is 49.2 Å². The van der Waals surface area contributed by atoms with Crippen LogP contribution in [-0.2, 0) is 0 Å². The SMILES string of the molecule is COc1ccc(C(=O)CC(Sc2cccc(Cl)c2Cl)c2ccccc2)cc1. The van der Waals surface area contributed by atoms with Crippen LogP contribution in [0.2, 0.25) is 10.0 Å². The third-order valence-corrected chi connectivity index (χ3v) is 6.39. The van der Waals surface area contributed by atoms with Gasteiger partial charge in [-0.15, -0.1) is 11.8 Å². The number of rotatable bonds is 7. The zero-order valence-corrected chi connectivity index (χ0v) is 17.0. The summed E-state index contributed by atoms with van der Waals surface area (Å²) in [6, 6.07) is 22.7. The fourth-order valence-electron chi connectivity index (χ4n) is 2.69. The fourth-order valence-corrected chi connectivity index (χ4v) is 4.38. The van der Waals surface area contributed by atoms with Crippen molar-refractivity contribution < 1.29 is 9.53 Å². The van der Waals surface area contributed by atoms with Crippen molar-refractivity contribution in [1.82, 2.24) is 0 Å². The summed E-state index contributed by atoms with van der Waals surface area (Å²) in [5.41, 5.74) is 1.73. The van der Waals surface area contributed by atoms with E-state index < -0.39 is 0 Å². The summed E-state index contributed by atoms with van der Waals surface area (Å²) in [5.74, 6) is 0.795. The Kier molecular flexibility index (Phi) is 6.84. The van der Waals surface area contributed by atoms with Crippen molar-refractivity contribution >= 4 is 40.7 Å². The van der Waals surface area contributed by atoms with Crippen LogP contribution in [0.25, 0.3) is 0 Å². The van der Waals surface area contributed by atoms with E-state index in [2.05, 4.69) is 0 Å². The molecule has 5 heteroatoms. The number of hydrogen-bond donors (Lipinski definition) is 0. The van der Waals surface area contributed by atoms with Gasteiger partial charge < -0.3 is 4.74 Å². The molecule has 0 bridgehead atoms. The molecule has 0 aliphatic carbocycles. The third-order valence-electron chi connectivity index (χ3n) is 4.14. The molecule has 0 aromatic heterocycles. The molecule has 0 N–H and O–H groups in total. The lowest BCUT2D eigenvalue weighted by molar-refractivity contribution is 0.0982. The first kappa shape index (κ1) is 19.8. The van der Waals surface area contributed by atoms with Crippen molar-refractivity contribution in [2.45, 2.75) is 16.6 Å². The Morgan fingerprint density at radius 2 is 1.67 bits per heavy atom. The zero-order valence-electron chi connectivity index (χ0n) is 14.7. The number of thioether (sulfide) groups is 1. The number of ether oxygens (including phenoxy) is 1. The standard InChI is InChI=1S/C22H18Cl2O2S/c1-26-17-12-10-15(11-13-17)19(25)14-21(16-6-3-2-4-7-16)27-20-9-5-8-18(23)22(20)24/h2-13,21H,14H2,1H3. The molecular weight excluding hydrogens is 399 g/mol. The van der Waals surface area contributed by atoms with Crippen LogP contribution in [0.5, 0.6) is 5.75 Å². The summed E-state index contributed by atoms with van der Waals surface area (Å²) in [6.07, 6.45) is 0.351.